The normalized spacial score (nSPS) is 11.7. The predicted octanol–water partition coefficient (Wildman–Crippen LogP) is 2.92. The second kappa shape index (κ2) is 5.82. The van der Waals surface area contributed by atoms with Gasteiger partial charge in [-0.05, 0) is 24.1 Å². The third kappa shape index (κ3) is 3.13. The van der Waals surface area contributed by atoms with Gasteiger partial charge in [0.1, 0.15) is 5.82 Å². The van der Waals surface area contributed by atoms with Gasteiger partial charge in [0.25, 0.3) is 0 Å². The van der Waals surface area contributed by atoms with Gasteiger partial charge in [0.2, 0.25) is 0 Å². The van der Waals surface area contributed by atoms with E-state index in [4.69, 9.17) is 0 Å². The zero-order valence-corrected chi connectivity index (χ0v) is 12.9. The van der Waals surface area contributed by atoms with Crippen molar-refractivity contribution in [3.63, 3.8) is 0 Å². The number of H-pyrrole nitrogens is 1. The van der Waals surface area contributed by atoms with Gasteiger partial charge in [-0.15, -0.1) is 0 Å². The molecular weight excluding hydrogens is 298 g/mol. The van der Waals surface area contributed by atoms with E-state index in [2.05, 4.69) is 14.4 Å². The Balaban J connectivity index is 1.77. The lowest BCUT2D eigenvalue weighted by Crippen LogP contribution is -2.30. The van der Waals surface area contributed by atoms with Crippen molar-refractivity contribution in [3.8, 4) is 0 Å². The van der Waals surface area contributed by atoms with Crippen LogP contribution in [0, 0.1) is 6.92 Å². The van der Waals surface area contributed by atoms with Gasteiger partial charge in [-0.2, -0.15) is 13.1 Å². The third-order valence-electron chi connectivity index (χ3n) is 3.51. The summed E-state index contributed by atoms with van der Waals surface area (Å²) < 4.78 is 29.4. The average Bonchev–Trinajstić information content (AvgIpc) is 2.83. The molecule has 0 unspecified atom stereocenters. The lowest BCUT2D eigenvalue weighted by atomic mass is 10.2. The van der Waals surface area contributed by atoms with E-state index < -0.39 is 10.2 Å². The van der Waals surface area contributed by atoms with Crippen molar-refractivity contribution in [2.75, 3.05) is 4.72 Å². The molecule has 114 valence electrons. The van der Waals surface area contributed by atoms with E-state index in [9.17, 15) is 8.42 Å². The second-order valence-electron chi connectivity index (χ2n) is 5.08. The van der Waals surface area contributed by atoms with E-state index >= 15 is 0 Å². The van der Waals surface area contributed by atoms with E-state index in [1.165, 1.54) is 0 Å². The van der Waals surface area contributed by atoms with Crippen LogP contribution >= 0.6 is 0 Å². The van der Waals surface area contributed by atoms with Crippen LogP contribution in [-0.2, 0) is 16.8 Å². The Morgan fingerprint density at radius 1 is 1.00 bits per heavy atom. The maximum absolute atomic E-state index is 12.2. The first-order chi connectivity index (χ1) is 10.6. The molecule has 2 aromatic carbocycles. The summed E-state index contributed by atoms with van der Waals surface area (Å²) in [5, 5.41) is 1.00. The van der Waals surface area contributed by atoms with Gasteiger partial charge >= 0.3 is 10.2 Å². The van der Waals surface area contributed by atoms with E-state index in [-0.39, 0.29) is 6.54 Å². The Morgan fingerprint density at radius 3 is 2.41 bits per heavy atom. The molecule has 1 heterocycles. The smallest absolute Gasteiger partial charge is 0.300 e. The number of rotatable bonds is 5. The number of aryl methyl sites for hydroxylation is 1. The standard InChI is InChI=1S/C16H17N3O2S/c1-12-14-9-5-6-10-15(14)18-16(12)19-22(20,21)17-11-13-7-3-2-4-8-13/h2-10,17-19H,11H2,1H3. The van der Waals surface area contributed by atoms with Gasteiger partial charge in [-0.3, -0.25) is 4.72 Å². The fraction of sp³-hybridized carbons (Fsp3) is 0.125. The van der Waals surface area contributed by atoms with Gasteiger partial charge in [-0.1, -0.05) is 48.5 Å². The number of aromatic nitrogens is 1. The van der Waals surface area contributed by atoms with Gasteiger partial charge in [0.05, 0.1) is 0 Å². The molecule has 3 aromatic rings. The van der Waals surface area contributed by atoms with Crippen LogP contribution in [0.25, 0.3) is 10.9 Å². The second-order valence-corrected chi connectivity index (χ2v) is 6.58. The molecule has 0 saturated carbocycles. The highest BCUT2D eigenvalue weighted by Crippen LogP contribution is 2.25. The topological polar surface area (TPSA) is 74.0 Å². The quantitative estimate of drug-likeness (QED) is 0.677. The van der Waals surface area contributed by atoms with Crippen LogP contribution in [0.2, 0.25) is 0 Å². The van der Waals surface area contributed by atoms with Crippen LogP contribution in [-0.4, -0.2) is 13.4 Å². The van der Waals surface area contributed by atoms with Crippen molar-refractivity contribution in [1.29, 1.82) is 0 Å². The summed E-state index contributed by atoms with van der Waals surface area (Å²) in [6.07, 6.45) is 0. The van der Waals surface area contributed by atoms with Gasteiger partial charge in [-0.25, -0.2) is 0 Å². The van der Waals surface area contributed by atoms with Crippen molar-refractivity contribution in [2.24, 2.45) is 0 Å². The summed E-state index contributed by atoms with van der Waals surface area (Å²) in [5.74, 6) is 0.488. The molecule has 0 aliphatic heterocycles. The summed E-state index contributed by atoms with van der Waals surface area (Å²) in [6, 6.07) is 17.1. The van der Waals surface area contributed by atoms with Crippen LogP contribution in [0.4, 0.5) is 5.82 Å². The van der Waals surface area contributed by atoms with Crippen molar-refractivity contribution in [2.45, 2.75) is 13.5 Å². The highest BCUT2D eigenvalue weighted by Gasteiger charge is 2.14. The molecule has 1 aromatic heterocycles. The van der Waals surface area contributed by atoms with Crippen LogP contribution < -0.4 is 9.44 Å². The van der Waals surface area contributed by atoms with Crippen molar-refractivity contribution < 1.29 is 8.42 Å². The summed E-state index contributed by atoms with van der Waals surface area (Å²) in [5.41, 5.74) is 2.68. The van der Waals surface area contributed by atoms with E-state index in [0.717, 1.165) is 22.0 Å². The number of nitrogens with one attached hydrogen (secondary N) is 3. The zero-order chi connectivity index (χ0) is 15.6. The van der Waals surface area contributed by atoms with Crippen molar-refractivity contribution in [3.05, 3.63) is 65.7 Å². The van der Waals surface area contributed by atoms with Crippen LogP contribution in [0.1, 0.15) is 11.1 Å². The Morgan fingerprint density at radius 2 is 1.68 bits per heavy atom. The first-order valence-corrected chi connectivity index (χ1v) is 8.42. The lowest BCUT2D eigenvalue weighted by molar-refractivity contribution is 0.586. The number of aromatic amines is 1. The fourth-order valence-electron chi connectivity index (χ4n) is 2.33. The maximum Gasteiger partial charge on any atom is 0.300 e. The van der Waals surface area contributed by atoms with Crippen molar-refractivity contribution >= 4 is 26.9 Å². The minimum Gasteiger partial charge on any atom is -0.341 e. The first kappa shape index (κ1) is 14.6. The molecule has 0 spiro atoms. The van der Waals surface area contributed by atoms with Crippen molar-refractivity contribution in [1.82, 2.24) is 9.71 Å². The Kier molecular flexibility index (Phi) is 3.87. The summed E-state index contributed by atoms with van der Waals surface area (Å²) in [6.45, 7) is 2.13. The molecule has 0 aliphatic rings. The molecule has 0 bridgehead atoms. The minimum absolute atomic E-state index is 0.245. The van der Waals surface area contributed by atoms with Gasteiger partial charge in [0.15, 0.2) is 0 Å². The summed E-state index contributed by atoms with van der Waals surface area (Å²) >= 11 is 0. The fourth-order valence-corrected chi connectivity index (χ4v) is 3.23. The Labute approximate surface area is 129 Å². The molecule has 0 aliphatic carbocycles. The molecule has 0 radical (unpaired) electrons. The Bertz CT molecular complexity index is 886. The van der Waals surface area contributed by atoms with E-state index in [1.54, 1.807) is 0 Å². The summed E-state index contributed by atoms with van der Waals surface area (Å²) in [4.78, 5) is 3.09. The molecule has 0 fully saturated rings. The number of anilines is 1. The number of fused-ring (bicyclic) bond motifs is 1. The predicted molar refractivity (Wildman–Crippen MR) is 88.9 cm³/mol. The molecule has 0 atom stereocenters. The van der Waals surface area contributed by atoms with Crippen LogP contribution in [0.15, 0.2) is 54.6 Å². The highest BCUT2D eigenvalue weighted by molar-refractivity contribution is 7.90. The minimum atomic E-state index is -3.63. The maximum atomic E-state index is 12.2. The van der Waals surface area contributed by atoms with Gasteiger partial charge in [0, 0.05) is 17.4 Å². The monoisotopic (exact) mass is 315 g/mol. The molecular formula is C16H17N3O2S. The molecule has 22 heavy (non-hydrogen) atoms. The molecule has 3 rings (SSSR count). The lowest BCUT2D eigenvalue weighted by Gasteiger charge is -2.09. The molecule has 0 saturated heterocycles. The number of hydrogen-bond acceptors (Lipinski definition) is 2. The highest BCUT2D eigenvalue weighted by atomic mass is 32.2. The van der Waals surface area contributed by atoms with Crippen LogP contribution in [0.5, 0.6) is 0 Å². The van der Waals surface area contributed by atoms with Gasteiger partial charge < -0.3 is 4.98 Å². The summed E-state index contributed by atoms with van der Waals surface area (Å²) in [7, 11) is -3.63. The average molecular weight is 315 g/mol. The number of benzene rings is 2. The molecule has 3 N–H and O–H groups in total. The van der Waals surface area contributed by atoms with Crippen LogP contribution in [0.3, 0.4) is 0 Å². The first-order valence-electron chi connectivity index (χ1n) is 6.94. The molecule has 0 amide bonds. The third-order valence-corrected chi connectivity index (χ3v) is 4.51. The SMILES string of the molecule is Cc1c(NS(=O)(=O)NCc2ccccc2)[nH]c2ccccc12. The van der Waals surface area contributed by atoms with E-state index in [0.29, 0.717) is 5.82 Å². The molecule has 6 heteroatoms. The molecule has 5 nitrogen and oxygen atoms in total. The largest absolute Gasteiger partial charge is 0.341 e. The Hall–Kier alpha value is -2.31. The zero-order valence-electron chi connectivity index (χ0n) is 12.1. The van der Waals surface area contributed by atoms with E-state index in [1.807, 2.05) is 61.5 Å². The number of hydrogen-bond donors (Lipinski definition) is 3. The number of para-hydroxylation sites is 1.